The maximum absolute atomic E-state index is 10.4. The Kier molecular flexibility index (Phi) is 4.92. The fourth-order valence-electron chi connectivity index (χ4n) is 3.99. The van der Waals surface area contributed by atoms with Crippen molar-refractivity contribution in [1.29, 1.82) is 0 Å². The third kappa shape index (κ3) is 3.21. The summed E-state index contributed by atoms with van der Waals surface area (Å²) < 4.78 is 11.8. The number of fused-ring (bicyclic) bond motifs is 3. The summed E-state index contributed by atoms with van der Waals surface area (Å²) in [5.41, 5.74) is 3.29. The van der Waals surface area contributed by atoms with Crippen LogP contribution in [-0.4, -0.2) is 25.4 Å². The normalized spacial score (nSPS) is 23.2. The highest BCUT2D eigenvalue weighted by Crippen LogP contribution is 2.51. The number of rotatable bonds is 5. The number of anilines is 1. The van der Waals surface area contributed by atoms with Crippen molar-refractivity contribution in [3.8, 4) is 11.5 Å². The lowest BCUT2D eigenvalue weighted by Crippen LogP contribution is -2.29. The van der Waals surface area contributed by atoms with E-state index < -0.39 is 0 Å². The number of nitrogens with one attached hydrogen (secondary N) is 1. The largest absolute Gasteiger partial charge is 0.508 e. The predicted octanol–water partition coefficient (Wildman–Crippen LogP) is 5.01. The summed E-state index contributed by atoms with van der Waals surface area (Å²) in [6, 6.07) is 11.9. The molecule has 2 aromatic rings. The molecule has 1 aliphatic heterocycles. The number of methoxy groups -OCH3 is 1. The lowest BCUT2D eigenvalue weighted by atomic mass is 9.77. The Morgan fingerprint density at radius 3 is 2.88 bits per heavy atom. The highest BCUT2D eigenvalue weighted by Gasteiger charge is 2.39. The average molecular weight is 416 g/mol. The molecule has 4 rings (SSSR count). The Morgan fingerprint density at radius 1 is 1.15 bits per heavy atom. The van der Waals surface area contributed by atoms with E-state index in [4.69, 9.17) is 9.47 Å². The highest BCUT2D eigenvalue weighted by atomic mass is 79.9. The molecule has 1 heterocycles. The monoisotopic (exact) mass is 415 g/mol. The molecule has 0 saturated heterocycles. The molecule has 2 N–H and O–H groups in total. The number of benzene rings is 2. The molecule has 0 radical (unpaired) electrons. The lowest BCUT2D eigenvalue weighted by molar-refractivity contribution is 0.146. The van der Waals surface area contributed by atoms with Crippen molar-refractivity contribution in [2.24, 2.45) is 5.92 Å². The third-order valence-electron chi connectivity index (χ3n) is 5.22. The average Bonchev–Trinajstić information content (AvgIpc) is 3.14. The van der Waals surface area contributed by atoms with Gasteiger partial charge in [0.15, 0.2) is 0 Å². The van der Waals surface area contributed by atoms with Crippen LogP contribution in [0.2, 0.25) is 0 Å². The van der Waals surface area contributed by atoms with Crippen molar-refractivity contribution in [2.45, 2.75) is 18.4 Å². The Balaban J connectivity index is 1.67. The minimum absolute atomic E-state index is 0.0697. The van der Waals surface area contributed by atoms with E-state index >= 15 is 0 Å². The molecule has 2 aromatic carbocycles. The summed E-state index contributed by atoms with van der Waals surface area (Å²) in [7, 11) is 1.67. The molecule has 3 unspecified atom stereocenters. The fourth-order valence-corrected chi connectivity index (χ4v) is 4.37. The number of hydrogen-bond donors (Lipinski definition) is 2. The van der Waals surface area contributed by atoms with E-state index in [2.05, 4.69) is 45.5 Å². The molecule has 2 aliphatic rings. The van der Waals surface area contributed by atoms with Crippen LogP contribution in [0.4, 0.5) is 5.69 Å². The van der Waals surface area contributed by atoms with Gasteiger partial charge in [-0.15, -0.1) is 0 Å². The van der Waals surface area contributed by atoms with E-state index in [0.717, 1.165) is 27.9 Å². The smallest absolute Gasteiger partial charge is 0.120 e. The zero-order valence-corrected chi connectivity index (χ0v) is 16.2. The van der Waals surface area contributed by atoms with Gasteiger partial charge in [0.2, 0.25) is 0 Å². The van der Waals surface area contributed by atoms with Gasteiger partial charge >= 0.3 is 0 Å². The molecule has 136 valence electrons. The Hall–Kier alpha value is -1.98. The van der Waals surface area contributed by atoms with Crippen LogP contribution >= 0.6 is 15.9 Å². The zero-order chi connectivity index (χ0) is 18.1. The van der Waals surface area contributed by atoms with Crippen LogP contribution in [-0.2, 0) is 4.74 Å². The van der Waals surface area contributed by atoms with E-state index in [1.807, 2.05) is 18.2 Å². The molecule has 0 aromatic heterocycles. The van der Waals surface area contributed by atoms with Gasteiger partial charge in [-0.1, -0.05) is 28.1 Å². The van der Waals surface area contributed by atoms with Gasteiger partial charge in [-0.05, 0) is 54.3 Å². The van der Waals surface area contributed by atoms with Gasteiger partial charge in [-0.25, -0.2) is 0 Å². The number of hydrogen-bond acceptors (Lipinski definition) is 4. The molecular formula is C21H22BrNO3. The van der Waals surface area contributed by atoms with E-state index in [9.17, 15) is 5.11 Å². The summed E-state index contributed by atoms with van der Waals surface area (Å²) in [5.74, 6) is 1.89. The van der Waals surface area contributed by atoms with Crippen molar-refractivity contribution in [3.05, 3.63) is 64.1 Å². The second-order valence-electron chi connectivity index (χ2n) is 6.77. The summed E-state index contributed by atoms with van der Waals surface area (Å²) in [6.45, 7) is 1.12. The molecule has 0 bridgehead atoms. The quantitative estimate of drug-likeness (QED) is 0.532. The van der Waals surface area contributed by atoms with Crippen LogP contribution in [0.1, 0.15) is 29.5 Å². The molecule has 0 spiro atoms. The minimum Gasteiger partial charge on any atom is -0.508 e. The van der Waals surface area contributed by atoms with Crippen molar-refractivity contribution >= 4 is 21.6 Å². The van der Waals surface area contributed by atoms with Gasteiger partial charge < -0.3 is 19.9 Å². The molecule has 3 atom stereocenters. The molecule has 0 saturated carbocycles. The molecule has 4 nitrogen and oxygen atoms in total. The molecular weight excluding hydrogens is 394 g/mol. The fraction of sp³-hybridized carbons (Fsp3) is 0.333. The number of halogens is 1. The van der Waals surface area contributed by atoms with Gasteiger partial charge in [0.1, 0.15) is 18.1 Å². The molecule has 1 aliphatic carbocycles. The summed E-state index contributed by atoms with van der Waals surface area (Å²) in [6.07, 6.45) is 5.51. The minimum atomic E-state index is 0.0697. The summed E-state index contributed by atoms with van der Waals surface area (Å²) in [5, 5.41) is 14.1. The molecule has 5 heteroatoms. The van der Waals surface area contributed by atoms with Gasteiger partial charge in [0.25, 0.3) is 0 Å². The summed E-state index contributed by atoms with van der Waals surface area (Å²) >= 11 is 3.53. The highest BCUT2D eigenvalue weighted by molar-refractivity contribution is 9.10. The molecule has 0 amide bonds. The predicted molar refractivity (Wildman–Crippen MR) is 106 cm³/mol. The second kappa shape index (κ2) is 7.33. The van der Waals surface area contributed by atoms with Crippen LogP contribution in [0, 0.1) is 5.92 Å². The topological polar surface area (TPSA) is 50.7 Å². The van der Waals surface area contributed by atoms with Crippen LogP contribution < -0.4 is 10.1 Å². The Morgan fingerprint density at radius 2 is 2.04 bits per heavy atom. The zero-order valence-electron chi connectivity index (χ0n) is 14.6. The van der Waals surface area contributed by atoms with Crippen LogP contribution in [0.5, 0.6) is 11.5 Å². The molecule has 0 fully saturated rings. The third-order valence-corrected chi connectivity index (χ3v) is 5.71. The first-order valence-electron chi connectivity index (χ1n) is 8.84. The first kappa shape index (κ1) is 17.4. The number of phenols is 1. The molecule has 26 heavy (non-hydrogen) atoms. The van der Waals surface area contributed by atoms with Gasteiger partial charge in [0, 0.05) is 28.8 Å². The van der Waals surface area contributed by atoms with E-state index in [1.165, 1.54) is 5.56 Å². The maximum Gasteiger partial charge on any atom is 0.120 e. The summed E-state index contributed by atoms with van der Waals surface area (Å²) in [4.78, 5) is 0. The van der Waals surface area contributed by atoms with Gasteiger partial charge in [-0.2, -0.15) is 0 Å². The van der Waals surface area contributed by atoms with E-state index in [1.54, 1.807) is 13.2 Å². The first-order valence-corrected chi connectivity index (χ1v) is 9.64. The Bertz CT molecular complexity index is 836. The second-order valence-corrected chi connectivity index (χ2v) is 7.68. The Labute approximate surface area is 162 Å². The van der Waals surface area contributed by atoms with Crippen molar-refractivity contribution in [1.82, 2.24) is 0 Å². The number of allylic oxidation sites excluding steroid dienone is 2. The first-order chi connectivity index (χ1) is 12.7. The standard InChI is InChI=1S/C21H22BrNO3/c1-25-9-10-26-14-6-7-19-17(12-14)15-3-2-4-16(15)21(23-19)18-11-13(22)5-8-20(18)24/h2-3,5-8,11-12,15-16,21,23-24H,4,9-10H2,1H3. The van der Waals surface area contributed by atoms with Crippen molar-refractivity contribution in [3.63, 3.8) is 0 Å². The lowest BCUT2D eigenvalue weighted by Gasteiger charge is -2.38. The van der Waals surface area contributed by atoms with Gasteiger partial charge in [0.05, 0.1) is 12.6 Å². The number of phenolic OH excluding ortho intramolecular Hbond substituents is 1. The number of ether oxygens (including phenoxy) is 2. The maximum atomic E-state index is 10.4. The van der Waals surface area contributed by atoms with E-state index in [0.29, 0.717) is 30.8 Å². The SMILES string of the molecule is COCCOc1ccc2c(c1)C1C=CCC1C(c1cc(Br)ccc1O)N2. The number of aromatic hydroxyl groups is 1. The van der Waals surface area contributed by atoms with Crippen molar-refractivity contribution in [2.75, 3.05) is 25.6 Å². The van der Waals surface area contributed by atoms with Gasteiger partial charge in [-0.3, -0.25) is 0 Å². The van der Waals surface area contributed by atoms with E-state index in [-0.39, 0.29) is 6.04 Å². The van der Waals surface area contributed by atoms with Crippen molar-refractivity contribution < 1.29 is 14.6 Å². The van der Waals surface area contributed by atoms with Crippen LogP contribution in [0.25, 0.3) is 0 Å². The van der Waals surface area contributed by atoms with Crippen LogP contribution in [0.15, 0.2) is 53.0 Å². The van der Waals surface area contributed by atoms with Crippen LogP contribution in [0.3, 0.4) is 0 Å².